The number of hydrogen-bond acceptors (Lipinski definition) is 6. The summed E-state index contributed by atoms with van der Waals surface area (Å²) in [5.74, 6) is -0.00587. The number of nitrogens with zero attached hydrogens (tertiary/aromatic N) is 2. The van der Waals surface area contributed by atoms with E-state index in [1.165, 1.54) is 5.56 Å². The fraction of sp³-hybridized carbons (Fsp3) is 0.407. The molecule has 2 aliphatic rings. The van der Waals surface area contributed by atoms with Gasteiger partial charge in [0.15, 0.2) is 11.5 Å². The first-order chi connectivity index (χ1) is 16.3. The molecule has 2 aliphatic heterocycles. The molecule has 4 rings (SSSR count). The zero-order valence-corrected chi connectivity index (χ0v) is 20.2. The summed E-state index contributed by atoms with van der Waals surface area (Å²) < 4.78 is 11.2. The lowest BCUT2D eigenvalue weighted by molar-refractivity contribution is -0.139. The molecule has 0 bridgehead atoms. The Kier molecular flexibility index (Phi) is 6.93. The van der Waals surface area contributed by atoms with E-state index in [1.54, 1.807) is 23.1 Å². The summed E-state index contributed by atoms with van der Waals surface area (Å²) in [4.78, 5) is 29.9. The van der Waals surface area contributed by atoms with Crippen molar-refractivity contribution in [3.63, 3.8) is 0 Å². The Morgan fingerprint density at radius 1 is 1.06 bits per heavy atom. The summed E-state index contributed by atoms with van der Waals surface area (Å²) in [6.45, 7) is 6.30. The molecule has 1 atom stereocenters. The predicted octanol–water partition coefficient (Wildman–Crippen LogP) is 3.95. The van der Waals surface area contributed by atoms with Crippen molar-refractivity contribution < 1.29 is 24.2 Å². The van der Waals surface area contributed by atoms with Crippen molar-refractivity contribution >= 4 is 17.4 Å². The van der Waals surface area contributed by atoms with Crippen LogP contribution in [0.5, 0.6) is 11.5 Å². The Balaban J connectivity index is 1.78. The van der Waals surface area contributed by atoms with Crippen molar-refractivity contribution in [2.75, 3.05) is 40.4 Å². The molecule has 1 N–H and O–H groups in total. The maximum Gasteiger partial charge on any atom is 0.295 e. The van der Waals surface area contributed by atoms with Crippen LogP contribution in [-0.4, -0.2) is 67.0 Å². The van der Waals surface area contributed by atoms with Gasteiger partial charge in [-0.05, 0) is 62.3 Å². The molecule has 7 heteroatoms. The summed E-state index contributed by atoms with van der Waals surface area (Å²) in [6.07, 6.45) is 0.713. The van der Waals surface area contributed by atoms with E-state index in [0.29, 0.717) is 49.2 Å². The highest BCUT2D eigenvalue weighted by atomic mass is 16.6. The van der Waals surface area contributed by atoms with Gasteiger partial charge in [-0.2, -0.15) is 0 Å². The molecule has 2 aromatic carbocycles. The van der Waals surface area contributed by atoms with Gasteiger partial charge in [-0.1, -0.05) is 38.1 Å². The van der Waals surface area contributed by atoms with Crippen molar-refractivity contribution in [1.29, 1.82) is 0 Å². The minimum Gasteiger partial charge on any atom is -0.507 e. The highest BCUT2D eigenvalue weighted by Gasteiger charge is 2.45. The third kappa shape index (κ3) is 4.66. The normalized spacial score (nSPS) is 19.4. The average Bonchev–Trinajstić information content (AvgIpc) is 3.08. The maximum atomic E-state index is 13.2. The predicted molar refractivity (Wildman–Crippen MR) is 130 cm³/mol. The zero-order valence-electron chi connectivity index (χ0n) is 20.2. The van der Waals surface area contributed by atoms with Gasteiger partial charge in [0.2, 0.25) is 0 Å². The van der Waals surface area contributed by atoms with Crippen LogP contribution in [0.3, 0.4) is 0 Å². The Morgan fingerprint density at radius 2 is 1.74 bits per heavy atom. The van der Waals surface area contributed by atoms with Crippen LogP contribution in [0.4, 0.5) is 0 Å². The molecule has 1 amide bonds. The van der Waals surface area contributed by atoms with Crippen molar-refractivity contribution in [3.8, 4) is 11.5 Å². The van der Waals surface area contributed by atoms with Gasteiger partial charge >= 0.3 is 0 Å². The van der Waals surface area contributed by atoms with Crippen molar-refractivity contribution in [3.05, 3.63) is 64.7 Å². The highest BCUT2D eigenvalue weighted by Crippen LogP contribution is 2.41. The highest BCUT2D eigenvalue weighted by molar-refractivity contribution is 6.46. The van der Waals surface area contributed by atoms with Gasteiger partial charge in [-0.25, -0.2) is 0 Å². The number of carbonyl (C=O) groups excluding carboxylic acids is 2. The molecule has 2 aromatic rings. The topological polar surface area (TPSA) is 79.3 Å². The number of rotatable bonds is 7. The summed E-state index contributed by atoms with van der Waals surface area (Å²) >= 11 is 0. The molecular formula is C27H32N2O5. The molecule has 7 nitrogen and oxygen atoms in total. The maximum absolute atomic E-state index is 13.2. The molecule has 2 heterocycles. The molecule has 180 valence electrons. The van der Waals surface area contributed by atoms with Gasteiger partial charge < -0.3 is 24.4 Å². The van der Waals surface area contributed by atoms with Gasteiger partial charge in [-0.3, -0.25) is 9.59 Å². The third-order valence-corrected chi connectivity index (χ3v) is 6.28. The number of Topliss-reactive ketones (excluding diaryl/α,β-unsaturated/α-hetero) is 1. The van der Waals surface area contributed by atoms with E-state index in [9.17, 15) is 14.7 Å². The second kappa shape index (κ2) is 9.89. The number of hydrogen-bond donors (Lipinski definition) is 1. The molecule has 0 radical (unpaired) electrons. The number of likely N-dealkylation sites (tertiary alicyclic amines) is 1. The van der Waals surface area contributed by atoms with Gasteiger partial charge in [-0.15, -0.1) is 0 Å². The molecule has 0 saturated carbocycles. The first kappa shape index (κ1) is 23.8. The van der Waals surface area contributed by atoms with Crippen LogP contribution in [0.2, 0.25) is 0 Å². The van der Waals surface area contributed by atoms with Crippen LogP contribution in [0, 0.1) is 0 Å². The summed E-state index contributed by atoms with van der Waals surface area (Å²) in [5, 5.41) is 11.3. The lowest BCUT2D eigenvalue weighted by Gasteiger charge is -2.26. The number of ether oxygens (including phenoxy) is 2. The molecule has 1 saturated heterocycles. The molecule has 0 aliphatic carbocycles. The number of aliphatic hydroxyl groups excluding tert-OH is 1. The first-order valence-electron chi connectivity index (χ1n) is 11.7. The fourth-order valence-electron chi connectivity index (χ4n) is 4.42. The second-order valence-electron chi connectivity index (χ2n) is 9.33. The monoisotopic (exact) mass is 464 g/mol. The SMILES string of the molecule is CC(C)c1ccc([C@@H]2/C(=C(\O)c3ccc4c(c3)OCCO4)C(=O)C(=O)N2CCCN(C)C)cc1. The standard InChI is InChI=1S/C27H32N2O5/c1-17(2)18-6-8-19(9-7-18)24-23(26(31)27(32)29(24)13-5-12-28(3)4)25(30)20-10-11-21-22(16-20)34-15-14-33-21/h6-11,16-17,24,30H,5,12-15H2,1-4H3/b25-23+/t24-/m1/s1. The Labute approximate surface area is 200 Å². The van der Waals surface area contributed by atoms with Crippen LogP contribution in [0.25, 0.3) is 5.76 Å². The summed E-state index contributed by atoms with van der Waals surface area (Å²) in [7, 11) is 3.94. The van der Waals surface area contributed by atoms with E-state index in [0.717, 1.165) is 12.1 Å². The van der Waals surface area contributed by atoms with E-state index in [2.05, 4.69) is 13.8 Å². The molecule has 0 unspecified atom stereocenters. The van der Waals surface area contributed by atoms with Crippen LogP contribution in [0.15, 0.2) is 48.0 Å². The smallest absolute Gasteiger partial charge is 0.295 e. The minimum absolute atomic E-state index is 0.101. The zero-order chi connectivity index (χ0) is 24.4. The van der Waals surface area contributed by atoms with E-state index in [-0.39, 0.29) is 11.3 Å². The second-order valence-corrected chi connectivity index (χ2v) is 9.33. The quantitative estimate of drug-likeness (QED) is 0.380. The Hall–Kier alpha value is -3.32. The van der Waals surface area contributed by atoms with Gasteiger partial charge in [0, 0.05) is 12.1 Å². The van der Waals surface area contributed by atoms with Gasteiger partial charge in [0.25, 0.3) is 11.7 Å². The van der Waals surface area contributed by atoms with E-state index >= 15 is 0 Å². The summed E-state index contributed by atoms with van der Waals surface area (Å²) in [6, 6.07) is 12.3. The third-order valence-electron chi connectivity index (χ3n) is 6.28. The lowest BCUT2D eigenvalue weighted by atomic mass is 9.93. The Bertz CT molecular complexity index is 1100. The molecular weight excluding hydrogens is 432 g/mol. The molecule has 0 aromatic heterocycles. The van der Waals surface area contributed by atoms with Gasteiger partial charge in [0.05, 0.1) is 11.6 Å². The summed E-state index contributed by atoms with van der Waals surface area (Å²) in [5.41, 5.74) is 2.48. The van der Waals surface area contributed by atoms with Crippen LogP contribution < -0.4 is 9.47 Å². The van der Waals surface area contributed by atoms with Crippen LogP contribution in [0.1, 0.15) is 48.9 Å². The Morgan fingerprint density at radius 3 is 2.38 bits per heavy atom. The average molecular weight is 465 g/mol. The van der Waals surface area contributed by atoms with Crippen molar-refractivity contribution in [1.82, 2.24) is 9.80 Å². The van der Waals surface area contributed by atoms with Crippen molar-refractivity contribution in [2.24, 2.45) is 0 Å². The van der Waals surface area contributed by atoms with Crippen LogP contribution >= 0.6 is 0 Å². The number of amides is 1. The molecule has 34 heavy (non-hydrogen) atoms. The number of ketones is 1. The van der Waals surface area contributed by atoms with Crippen LogP contribution in [-0.2, 0) is 9.59 Å². The number of benzene rings is 2. The van der Waals surface area contributed by atoms with Gasteiger partial charge in [0.1, 0.15) is 19.0 Å². The van der Waals surface area contributed by atoms with E-state index < -0.39 is 17.7 Å². The molecule has 0 spiro atoms. The molecule has 1 fully saturated rings. The van der Waals surface area contributed by atoms with E-state index in [4.69, 9.17) is 9.47 Å². The lowest BCUT2D eigenvalue weighted by Crippen LogP contribution is -2.32. The number of fused-ring (bicyclic) bond motifs is 1. The minimum atomic E-state index is -0.671. The van der Waals surface area contributed by atoms with E-state index in [1.807, 2.05) is 43.3 Å². The van der Waals surface area contributed by atoms with Crippen molar-refractivity contribution in [2.45, 2.75) is 32.2 Å². The number of carbonyl (C=O) groups is 2. The first-order valence-corrected chi connectivity index (χ1v) is 11.7. The largest absolute Gasteiger partial charge is 0.507 e. The fourth-order valence-corrected chi connectivity index (χ4v) is 4.42. The number of aliphatic hydroxyl groups is 1.